The molecule has 0 N–H and O–H groups in total. The molecule has 0 aliphatic carbocycles. The summed E-state index contributed by atoms with van der Waals surface area (Å²) < 4.78 is 7.89. The van der Waals surface area contributed by atoms with E-state index in [9.17, 15) is 0 Å². The average Bonchev–Trinajstić information content (AvgIpc) is 2.73. The average molecular weight is 246 g/mol. The number of hydrogen-bond donors (Lipinski definition) is 0. The van der Waals surface area contributed by atoms with Crippen molar-refractivity contribution in [3.05, 3.63) is 30.1 Å². The second-order valence-corrected chi connectivity index (χ2v) is 4.53. The summed E-state index contributed by atoms with van der Waals surface area (Å²) in [5.74, 6) is 1.18. The van der Waals surface area contributed by atoms with Gasteiger partial charge in [0.25, 0.3) is 0 Å². The molecular weight excluding hydrogens is 224 g/mol. The molecule has 0 saturated carbocycles. The normalized spacial score (nSPS) is 11.2. The van der Waals surface area contributed by atoms with Crippen LogP contribution in [0.5, 0.6) is 0 Å². The zero-order chi connectivity index (χ0) is 12.8. The molecule has 2 aromatic rings. The molecule has 0 spiro atoms. The van der Waals surface area contributed by atoms with E-state index in [1.54, 1.807) is 0 Å². The van der Waals surface area contributed by atoms with Crippen molar-refractivity contribution >= 4 is 11.0 Å². The van der Waals surface area contributed by atoms with E-state index in [4.69, 9.17) is 9.72 Å². The van der Waals surface area contributed by atoms with E-state index in [1.807, 2.05) is 6.07 Å². The monoisotopic (exact) mass is 246 g/mol. The van der Waals surface area contributed by atoms with Crippen molar-refractivity contribution in [3.63, 3.8) is 0 Å². The molecule has 98 valence electrons. The number of imidazole rings is 1. The Kier molecular flexibility index (Phi) is 4.76. The molecule has 0 saturated heterocycles. The smallest absolute Gasteiger partial charge is 0.109 e. The molecule has 0 amide bonds. The van der Waals surface area contributed by atoms with Crippen molar-refractivity contribution in [2.75, 3.05) is 13.2 Å². The van der Waals surface area contributed by atoms with Gasteiger partial charge in [0.05, 0.1) is 17.6 Å². The topological polar surface area (TPSA) is 27.1 Å². The first-order chi connectivity index (χ1) is 8.86. The third-order valence-electron chi connectivity index (χ3n) is 3.01. The third kappa shape index (κ3) is 2.91. The molecule has 1 heterocycles. The summed E-state index contributed by atoms with van der Waals surface area (Å²) in [4.78, 5) is 4.71. The van der Waals surface area contributed by atoms with Crippen LogP contribution in [0.15, 0.2) is 24.3 Å². The lowest BCUT2D eigenvalue weighted by Crippen LogP contribution is -2.09. The maximum Gasteiger partial charge on any atom is 0.109 e. The van der Waals surface area contributed by atoms with Gasteiger partial charge in [0.15, 0.2) is 0 Å². The molecule has 3 nitrogen and oxygen atoms in total. The van der Waals surface area contributed by atoms with Gasteiger partial charge >= 0.3 is 0 Å². The molecule has 3 heteroatoms. The van der Waals surface area contributed by atoms with Crippen LogP contribution in [0.4, 0.5) is 0 Å². The van der Waals surface area contributed by atoms with E-state index in [0.29, 0.717) is 0 Å². The molecule has 0 bridgehead atoms. The van der Waals surface area contributed by atoms with Crippen LogP contribution >= 0.6 is 0 Å². The van der Waals surface area contributed by atoms with Crippen LogP contribution in [0, 0.1) is 0 Å². The molecule has 0 atom stereocenters. The van der Waals surface area contributed by atoms with Crippen molar-refractivity contribution in [1.82, 2.24) is 9.55 Å². The molecule has 0 aliphatic rings. The van der Waals surface area contributed by atoms with Crippen LogP contribution < -0.4 is 0 Å². The van der Waals surface area contributed by atoms with Gasteiger partial charge < -0.3 is 9.30 Å². The lowest BCUT2D eigenvalue weighted by molar-refractivity contribution is 0.127. The molecule has 0 unspecified atom stereocenters. The number of nitrogens with zero attached hydrogens (tertiary/aromatic N) is 2. The fourth-order valence-electron chi connectivity index (χ4n) is 2.19. The van der Waals surface area contributed by atoms with Gasteiger partial charge in [-0.3, -0.25) is 0 Å². The molecule has 0 fully saturated rings. The van der Waals surface area contributed by atoms with E-state index in [0.717, 1.165) is 44.5 Å². The van der Waals surface area contributed by atoms with Gasteiger partial charge in [0, 0.05) is 19.6 Å². The molecule has 18 heavy (non-hydrogen) atoms. The Morgan fingerprint density at radius 2 is 1.94 bits per heavy atom. The highest BCUT2D eigenvalue weighted by Gasteiger charge is 2.08. The van der Waals surface area contributed by atoms with E-state index in [1.165, 1.54) is 11.3 Å². The highest BCUT2D eigenvalue weighted by molar-refractivity contribution is 5.75. The van der Waals surface area contributed by atoms with E-state index in [2.05, 4.69) is 36.6 Å². The van der Waals surface area contributed by atoms with Gasteiger partial charge in [-0.15, -0.1) is 0 Å². The molecule has 2 rings (SSSR count). The zero-order valence-corrected chi connectivity index (χ0v) is 11.4. The van der Waals surface area contributed by atoms with Gasteiger partial charge in [-0.25, -0.2) is 4.98 Å². The second kappa shape index (κ2) is 6.55. The van der Waals surface area contributed by atoms with Gasteiger partial charge in [0.2, 0.25) is 0 Å². The van der Waals surface area contributed by atoms with Crippen molar-refractivity contribution in [3.8, 4) is 0 Å². The Labute approximate surface area is 109 Å². The van der Waals surface area contributed by atoms with Crippen molar-refractivity contribution in [2.45, 2.75) is 39.7 Å². The highest BCUT2D eigenvalue weighted by Crippen LogP contribution is 2.17. The summed E-state index contributed by atoms with van der Waals surface area (Å²) >= 11 is 0. The summed E-state index contributed by atoms with van der Waals surface area (Å²) in [5.41, 5.74) is 2.32. The zero-order valence-electron chi connectivity index (χ0n) is 11.4. The Morgan fingerprint density at radius 1 is 1.11 bits per heavy atom. The summed E-state index contributed by atoms with van der Waals surface area (Å²) in [6, 6.07) is 8.34. The first-order valence-corrected chi connectivity index (χ1v) is 6.88. The Hall–Kier alpha value is -1.35. The van der Waals surface area contributed by atoms with Crippen LogP contribution in [-0.2, 0) is 17.7 Å². The summed E-state index contributed by atoms with van der Waals surface area (Å²) in [6.45, 7) is 6.84. The van der Waals surface area contributed by atoms with Gasteiger partial charge in [-0.1, -0.05) is 26.0 Å². The number of aryl methyl sites for hydroxylation is 1. The van der Waals surface area contributed by atoms with E-state index in [-0.39, 0.29) is 0 Å². The van der Waals surface area contributed by atoms with Gasteiger partial charge in [-0.05, 0) is 25.0 Å². The molecular formula is C15H22N2O. The number of fused-ring (bicyclic) bond motifs is 1. The van der Waals surface area contributed by atoms with Crippen LogP contribution in [0.2, 0.25) is 0 Å². The molecule has 1 aromatic heterocycles. The molecule has 0 radical (unpaired) electrons. The van der Waals surface area contributed by atoms with Crippen LogP contribution in [-0.4, -0.2) is 22.8 Å². The molecule has 1 aromatic carbocycles. The largest absolute Gasteiger partial charge is 0.380 e. The van der Waals surface area contributed by atoms with Crippen molar-refractivity contribution < 1.29 is 4.74 Å². The van der Waals surface area contributed by atoms with Crippen molar-refractivity contribution in [1.29, 1.82) is 0 Å². The minimum Gasteiger partial charge on any atom is -0.380 e. The summed E-state index contributed by atoms with van der Waals surface area (Å²) in [7, 11) is 0. The van der Waals surface area contributed by atoms with Gasteiger partial charge in [0.1, 0.15) is 5.82 Å². The van der Waals surface area contributed by atoms with E-state index < -0.39 is 0 Å². The fourth-order valence-corrected chi connectivity index (χ4v) is 2.19. The minimum absolute atomic E-state index is 0.769. The number of rotatable bonds is 7. The number of para-hydroxylation sites is 2. The fraction of sp³-hybridized carbons (Fsp3) is 0.533. The first-order valence-electron chi connectivity index (χ1n) is 6.88. The number of ether oxygens (including phenoxy) is 1. The van der Waals surface area contributed by atoms with Gasteiger partial charge in [-0.2, -0.15) is 0 Å². The Morgan fingerprint density at radius 3 is 2.72 bits per heavy atom. The van der Waals surface area contributed by atoms with Crippen LogP contribution in [0.3, 0.4) is 0 Å². The highest BCUT2D eigenvalue weighted by atomic mass is 16.5. The lowest BCUT2D eigenvalue weighted by atomic mass is 10.3. The predicted molar refractivity (Wildman–Crippen MR) is 74.8 cm³/mol. The van der Waals surface area contributed by atoms with Crippen LogP contribution in [0.1, 0.15) is 32.5 Å². The maximum atomic E-state index is 5.59. The summed E-state index contributed by atoms with van der Waals surface area (Å²) in [5, 5.41) is 0. The summed E-state index contributed by atoms with van der Waals surface area (Å²) in [6.07, 6.45) is 3.23. The molecule has 0 aliphatic heterocycles. The second-order valence-electron chi connectivity index (χ2n) is 4.53. The van der Waals surface area contributed by atoms with Crippen molar-refractivity contribution in [2.24, 2.45) is 0 Å². The SMILES string of the molecule is CCCOCCn1c(CCC)nc2ccccc21. The Balaban J connectivity index is 2.19. The lowest BCUT2D eigenvalue weighted by Gasteiger charge is -2.09. The third-order valence-corrected chi connectivity index (χ3v) is 3.01. The number of hydrogen-bond acceptors (Lipinski definition) is 2. The number of benzene rings is 1. The van der Waals surface area contributed by atoms with E-state index >= 15 is 0 Å². The maximum absolute atomic E-state index is 5.59. The quantitative estimate of drug-likeness (QED) is 0.700. The first kappa shape index (κ1) is 13.1. The minimum atomic E-state index is 0.769. The predicted octanol–water partition coefficient (Wildman–Crippen LogP) is 3.42. The standard InChI is InChI=1S/C15H22N2O/c1-3-7-15-16-13-8-5-6-9-14(13)17(15)10-12-18-11-4-2/h5-6,8-9H,3-4,7,10-12H2,1-2H3. The number of aromatic nitrogens is 2. The van der Waals surface area contributed by atoms with Crippen LogP contribution in [0.25, 0.3) is 11.0 Å². The Bertz CT molecular complexity index is 490.